The van der Waals surface area contributed by atoms with Gasteiger partial charge in [-0.1, -0.05) is 30.3 Å². The summed E-state index contributed by atoms with van der Waals surface area (Å²) in [6, 6.07) is 14.1. The van der Waals surface area contributed by atoms with Crippen LogP contribution in [0.3, 0.4) is 0 Å². The number of furan rings is 1. The Morgan fingerprint density at radius 1 is 1.14 bits per heavy atom. The average Bonchev–Trinajstić information content (AvgIpc) is 3.01. The summed E-state index contributed by atoms with van der Waals surface area (Å²) in [6.45, 7) is 2.15. The maximum absolute atomic E-state index is 9.78. The molecule has 4 nitrogen and oxygen atoms in total. The molecule has 0 amide bonds. The molecular formula is C17H23NO3. The zero-order chi connectivity index (χ0) is 14.8. The van der Waals surface area contributed by atoms with Crippen LogP contribution in [0.25, 0.3) is 0 Å². The van der Waals surface area contributed by atoms with E-state index >= 15 is 0 Å². The maximum atomic E-state index is 9.78. The van der Waals surface area contributed by atoms with Crippen molar-refractivity contribution in [3.63, 3.8) is 0 Å². The van der Waals surface area contributed by atoms with E-state index in [1.807, 2.05) is 18.2 Å². The highest BCUT2D eigenvalue weighted by Gasteiger charge is 2.04. The van der Waals surface area contributed by atoms with Gasteiger partial charge in [0.05, 0.1) is 19.0 Å². The fourth-order valence-electron chi connectivity index (χ4n) is 2.08. The molecule has 0 aliphatic heterocycles. The predicted octanol–water partition coefficient (Wildman–Crippen LogP) is 2.38. The van der Waals surface area contributed by atoms with Crippen LogP contribution in [0.4, 0.5) is 0 Å². The second-order valence-corrected chi connectivity index (χ2v) is 5.04. The van der Waals surface area contributed by atoms with Gasteiger partial charge in [0.1, 0.15) is 12.4 Å². The third-order valence-electron chi connectivity index (χ3n) is 3.18. The fraction of sp³-hybridized carbons (Fsp3) is 0.412. The zero-order valence-electron chi connectivity index (χ0n) is 12.2. The Morgan fingerprint density at radius 3 is 2.76 bits per heavy atom. The molecular weight excluding hydrogens is 266 g/mol. The summed E-state index contributed by atoms with van der Waals surface area (Å²) < 4.78 is 10.5. The predicted molar refractivity (Wildman–Crippen MR) is 82.0 cm³/mol. The number of aliphatic hydroxyl groups excluding tert-OH is 1. The van der Waals surface area contributed by atoms with Gasteiger partial charge < -0.3 is 19.6 Å². The van der Waals surface area contributed by atoms with Gasteiger partial charge in [0, 0.05) is 6.54 Å². The van der Waals surface area contributed by atoms with Gasteiger partial charge in [0.25, 0.3) is 0 Å². The molecule has 21 heavy (non-hydrogen) atoms. The molecule has 1 aromatic heterocycles. The molecule has 0 aliphatic carbocycles. The van der Waals surface area contributed by atoms with Crippen molar-refractivity contribution in [1.82, 2.24) is 5.32 Å². The molecule has 2 rings (SSSR count). The Balaban J connectivity index is 1.46. The second kappa shape index (κ2) is 9.34. The fourth-order valence-corrected chi connectivity index (χ4v) is 2.08. The van der Waals surface area contributed by atoms with Crippen molar-refractivity contribution in [2.75, 3.05) is 19.7 Å². The lowest BCUT2D eigenvalue weighted by atomic mass is 10.1. The largest absolute Gasteiger partial charge is 0.467 e. The van der Waals surface area contributed by atoms with Crippen LogP contribution in [0.1, 0.15) is 17.7 Å². The van der Waals surface area contributed by atoms with Crippen molar-refractivity contribution >= 4 is 0 Å². The second-order valence-electron chi connectivity index (χ2n) is 5.04. The Bertz CT molecular complexity index is 470. The maximum Gasteiger partial charge on any atom is 0.129 e. The van der Waals surface area contributed by atoms with Crippen molar-refractivity contribution in [2.24, 2.45) is 0 Å². The number of hydrogen-bond donors (Lipinski definition) is 2. The highest BCUT2D eigenvalue weighted by Crippen LogP contribution is 2.02. The molecule has 114 valence electrons. The Morgan fingerprint density at radius 2 is 2.00 bits per heavy atom. The van der Waals surface area contributed by atoms with E-state index in [1.165, 1.54) is 5.56 Å². The molecule has 0 saturated heterocycles. The Labute approximate surface area is 125 Å². The molecule has 4 heteroatoms. The van der Waals surface area contributed by atoms with Crippen molar-refractivity contribution in [3.05, 3.63) is 60.1 Å². The summed E-state index contributed by atoms with van der Waals surface area (Å²) in [5.74, 6) is 0.776. The van der Waals surface area contributed by atoms with Gasteiger partial charge >= 0.3 is 0 Å². The van der Waals surface area contributed by atoms with Crippen molar-refractivity contribution in [1.29, 1.82) is 0 Å². The summed E-state index contributed by atoms with van der Waals surface area (Å²) in [5, 5.41) is 13.0. The van der Waals surface area contributed by atoms with Crippen LogP contribution in [0.5, 0.6) is 0 Å². The lowest BCUT2D eigenvalue weighted by Crippen LogP contribution is -2.31. The van der Waals surface area contributed by atoms with E-state index < -0.39 is 6.10 Å². The van der Waals surface area contributed by atoms with Gasteiger partial charge in [-0.05, 0) is 37.1 Å². The van der Waals surface area contributed by atoms with Crippen LogP contribution in [-0.2, 0) is 17.8 Å². The monoisotopic (exact) mass is 289 g/mol. The van der Waals surface area contributed by atoms with E-state index in [0.29, 0.717) is 19.8 Å². The smallest absolute Gasteiger partial charge is 0.129 e. The van der Waals surface area contributed by atoms with Crippen LogP contribution in [-0.4, -0.2) is 30.9 Å². The SMILES string of the molecule is OC(CNCCCc1ccccc1)COCc1ccco1. The summed E-state index contributed by atoms with van der Waals surface area (Å²) in [4.78, 5) is 0. The Hall–Kier alpha value is -1.62. The number of benzene rings is 1. The van der Waals surface area contributed by atoms with E-state index in [1.54, 1.807) is 6.26 Å². The molecule has 1 aromatic carbocycles. The number of rotatable bonds is 10. The van der Waals surface area contributed by atoms with E-state index in [2.05, 4.69) is 29.6 Å². The van der Waals surface area contributed by atoms with Gasteiger partial charge in [-0.25, -0.2) is 0 Å². The van der Waals surface area contributed by atoms with Crippen LogP contribution in [0.2, 0.25) is 0 Å². The van der Waals surface area contributed by atoms with E-state index in [4.69, 9.17) is 9.15 Å². The molecule has 0 radical (unpaired) electrons. The minimum atomic E-state index is -0.489. The number of ether oxygens (including phenoxy) is 1. The number of hydrogen-bond acceptors (Lipinski definition) is 4. The van der Waals surface area contributed by atoms with Gasteiger partial charge in [0.2, 0.25) is 0 Å². The first-order valence-corrected chi connectivity index (χ1v) is 7.37. The van der Waals surface area contributed by atoms with E-state index in [-0.39, 0.29) is 0 Å². The minimum Gasteiger partial charge on any atom is -0.467 e. The van der Waals surface area contributed by atoms with Crippen LogP contribution in [0, 0.1) is 0 Å². The Kier molecular flexibility index (Phi) is 7.01. The molecule has 0 spiro atoms. The summed E-state index contributed by atoms with van der Waals surface area (Å²) >= 11 is 0. The first-order valence-electron chi connectivity index (χ1n) is 7.37. The van der Waals surface area contributed by atoms with Crippen molar-refractivity contribution < 1.29 is 14.3 Å². The van der Waals surface area contributed by atoms with Crippen molar-refractivity contribution in [2.45, 2.75) is 25.6 Å². The molecule has 0 aliphatic rings. The third kappa shape index (κ3) is 6.58. The molecule has 1 unspecified atom stereocenters. The highest BCUT2D eigenvalue weighted by molar-refractivity contribution is 5.14. The molecule has 1 atom stereocenters. The summed E-state index contributed by atoms with van der Waals surface area (Å²) in [6.07, 6.45) is 3.24. The van der Waals surface area contributed by atoms with Gasteiger partial charge in [-0.2, -0.15) is 0 Å². The molecule has 2 N–H and O–H groups in total. The average molecular weight is 289 g/mol. The lowest BCUT2D eigenvalue weighted by molar-refractivity contribution is 0.0227. The third-order valence-corrected chi connectivity index (χ3v) is 3.18. The van der Waals surface area contributed by atoms with Crippen LogP contribution in [0.15, 0.2) is 53.1 Å². The lowest BCUT2D eigenvalue weighted by Gasteiger charge is -2.11. The standard InChI is InChI=1S/C17H23NO3/c19-16(13-20-14-17-9-5-11-21-17)12-18-10-4-8-15-6-2-1-3-7-15/h1-3,5-7,9,11,16,18-19H,4,8,10,12-14H2. The number of nitrogens with one attached hydrogen (secondary N) is 1. The highest BCUT2D eigenvalue weighted by atomic mass is 16.5. The zero-order valence-corrected chi connectivity index (χ0v) is 12.2. The summed E-state index contributed by atoms with van der Waals surface area (Å²) in [7, 11) is 0. The quantitative estimate of drug-likeness (QED) is 0.659. The van der Waals surface area contributed by atoms with Gasteiger partial charge in [-0.3, -0.25) is 0 Å². The molecule has 2 aromatic rings. The molecule has 0 saturated carbocycles. The first kappa shape index (κ1) is 15.8. The van der Waals surface area contributed by atoms with Crippen molar-refractivity contribution in [3.8, 4) is 0 Å². The minimum absolute atomic E-state index is 0.312. The normalized spacial score (nSPS) is 12.4. The topological polar surface area (TPSA) is 54.6 Å². The number of aliphatic hydroxyl groups is 1. The molecule has 0 bridgehead atoms. The summed E-state index contributed by atoms with van der Waals surface area (Å²) in [5.41, 5.74) is 1.35. The van der Waals surface area contributed by atoms with Crippen LogP contribution >= 0.6 is 0 Å². The number of aryl methyl sites for hydroxylation is 1. The van der Waals surface area contributed by atoms with Crippen LogP contribution < -0.4 is 5.32 Å². The van der Waals surface area contributed by atoms with Gasteiger partial charge in [-0.15, -0.1) is 0 Å². The molecule has 1 heterocycles. The molecule has 0 fully saturated rings. The first-order chi connectivity index (χ1) is 10.3. The van der Waals surface area contributed by atoms with E-state index in [0.717, 1.165) is 25.1 Å². The van der Waals surface area contributed by atoms with Gasteiger partial charge in [0.15, 0.2) is 0 Å². The van der Waals surface area contributed by atoms with E-state index in [9.17, 15) is 5.11 Å².